The molecule has 0 spiro atoms. The minimum Gasteiger partial charge on any atom is -0.405 e. The van der Waals surface area contributed by atoms with Crippen LogP contribution in [0.1, 0.15) is 67.3 Å². The molecule has 176 valence electrons. The van der Waals surface area contributed by atoms with Crippen LogP contribution in [0.4, 0.5) is 4.39 Å². The van der Waals surface area contributed by atoms with Gasteiger partial charge in [-0.25, -0.2) is 8.91 Å². The predicted octanol–water partition coefficient (Wildman–Crippen LogP) is 6.10. The Bertz CT molecular complexity index is 998. The van der Waals surface area contributed by atoms with Crippen molar-refractivity contribution in [2.24, 2.45) is 11.5 Å². The zero-order valence-electron chi connectivity index (χ0n) is 20.9. The van der Waals surface area contributed by atoms with E-state index in [2.05, 4.69) is 64.2 Å². The van der Waals surface area contributed by atoms with Crippen LogP contribution in [0.25, 0.3) is 5.52 Å². The molecule has 4 nitrogen and oxygen atoms in total. The lowest BCUT2D eigenvalue weighted by Gasteiger charge is -2.24. The monoisotopic (exact) mass is 440 g/mol. The van der Waals surface area contributed by atoms with Crippen molar-refractivity contribution in [2.45, 2.75) is 79.7 Å². The molecule has 0 saturated heterocycles. The number of fused-ring (bicyclic) bond motifs is 1. The Labute approximate surface area is 193 Å². The van der Waals surface area contributed by atoms with Gasteiger partial charge in [0.25, 0.3) is 0 Å². The average Bonchev–Trinajstić information content (AvgIpc) is 2.99. The van der Waals surface area contributed by atoms with Crippen LogP contribution in [0.5, 0.6) is 0 Å². The Morgan fingerprint density at radius 2 is 1.75 bits per heavy atom. The normalized spacial score (nSPS) is 12.3. The van der Waals surface area contributed by atoms with Crippen LogP contribution in [-0.2, 0) is 12.8 Å². The molecule has 1 unspecified atom stereocenters. The van der Waals surface area contributed by atoms with Crippen LogP contribution >= 0.6 is 0 Å². The summed E-state index contributed by atoms with van der Waals surface area (Å²) >= 11 is 0. The van der Waals surface area contributed by atoms with E-state index < -0.39 is 0 Å². The van der Waals surface area contributed by atoms with Gasteiger partial charge in [-0.1, -0.05) is 39.0 Å². The molecular weight excluding hydrogens is 399 g/mol. The summed E-state index contributed by atoms with van der Waals surface area (Å²) < 4.78 is 14.9. The Balaban J connectivity index is 0.000000330. The van der Waals surface area contributed by atoms with Crippen molar-refractivity contribution in [1.82, 2.24) is 9.61 Å². The predicted molar refractivity (Wildman–Crippen MR) is 136 cm³/mol. The molecule has 1 atom stereocenters. The van der Waals surface area contributed by atoms with Gasteiger partial charge in [-0.3, -0.25) is 0 Å². The molecule has 1 aromatic carbocycles. The van der Waals surface area contributed by atoms with Crippen molar-refractivity contribution in [3.63, 3.8) is 0 Å². The van der Waals surface area contributed by atoms with Gasteiger partial charge in [0.2, 0.25) is 0 Å². The highest BCUT2D eigenvalue weighted by atomic mass is 19.1. The van der Waals surface area contributed by atoms with Crippen LogP contribution in [0, 0.1) is 33.5 Å². The zero-order chi connectivity index (χ0) is 24.5. The number of aryl methyl sites for hydroxylation is 4. The van der Waals surface area contributed by atoms with Crippen LogP contribution in [0.2, 0.25) is 0 Å². The number of pyridine rings is 1. The van der Waals surface area contributed by atoms with Gasteiger partial charge in [-0.2, -0.15) is 5.10 Å². The molecule has 0 aliphatic carbocycles. The molecule has 5 heteroatoms. The molecule has 3 aromatic rings. The first-order chi connectivity index (χ1) is 15.0. The minimum atomic E-state index is -0.152. The summed E-state index contributed by atoms with van der Waals surface area (Å²) in [6.07, 6.45) is 5.06. The second-order valence-corrected chi connectivity index (χ2v) is 8.74. The maximum Gasteiger partial charge on any atom is 0.126 e. The lowest BCUT2D eigenvalue weighted by molar-refractivity contribution is 0.425. The number of hydrogen-bond donors (Lipinski definition) is 2. The number of halogens is 1. The number of nitrogens with zero attached hydrogens (tertiary/aromatic N) is 2. The van der Waals surface area contributed by atoms with E-state index in [1.165, 1.54) is 34.6 Å². The van der Waals surface area contributed by atoms with Gasteiger partial charge >= 0.3 is 0 Å². The number of rotatable bonds is 5. The quantitative estimate of drug-likeness (QED) is 0.503. The summed E-state index contributed by atoms with van der Waals surface area (Å²) in [4.78, 5) is 0. The fraction of sp³-hybridized carbons (Fsp3) is 0.444. The highest BCUT2D eigenvalue weighted by Crippen LogP contribution is 2.24. The van der Waals surface area contributed by atoms with Gasteiger partial charge in [0, 0.05) is 16.8 Å². The highest BCUT2D eigenvalue weighted by molar-refractivity contribution is 5.59. The second kappa shape index (κ2) is 12.4. The number of nitrogens with two attached hydrogens (primary N) is 2. The van der Waals surface area contributed by atoms with Crippen molar-refractivity contribution in [1.29, 1.82) is 0 Å². The van der Waals surface area contributed by atoms with Crippen LogP contribution in [-0.4, -0.2) is 15.2 Å². The van der Waals surface area contributed by atoms with E-state index in [-0.39, 0.29) is 11.4 Å². The van der Waals surface area contributed by atoms with Gasteiger partial charge in [-0.05, 0) is 95.0 Å². The molecule has 4 N–H and O–H groups in total. The van der Waals surface area contributed by atoms with Crippen molar-refractivity contribution in [3.8, 4) is 0 Å². The molecule has 2 heterocycles. The van der Waals surface area contributed by atoms with Gasteiger partial charge in [-0.15, -0.1) is 0 Å². The molecule has 3 rings (SSSR count). The first-order valence-corrected chi connectivity index (χ1v) is 11.3. The van der Waals surface area contributed by atoms with Gasteiger partial charge in [0.05, 0.1) is 11.2 Å². The molecule has 0 radical (unpaired) electrons. The molecule has 0 bridgehead atoms. The van der Waals surface area contributed by atoms with E-state index in [4.69, 9.17) is 5.73 Å². The highest BCUT2D eigenvalue weighted by Gasteiger charge is 2.22. The fourth-order valence-corrected chi connectivity index (χ4v) is 4.04. The van der Waals surface area contributed by atoms with Crippen LogP contribution in [0.15, 0.2) is 43.1 Å². The SMILES string of the molecule is C=CN.CCCC(C)(N)Cc1c(C)nn2c(C)cc(C)cc12.CCc1c(C)cccc1F. The third kappa shape index (κ3) is 7.49. The van der Waals surface area contributed by atoms with Crippen molar-refractivity contribution in [2.75, 3.05) is 0 Å². The second-order valence-electron chi connectivity index (χ2n) is 8.74. The lowest BCUT2D eigenvalue weighted by Crippen LogP contribution is -2.38. The van der Waals surface area contributed by atoms with Gasteiger partial charge in [0.1, 0.15) is 5.82 Å². The van der Waals surface area contributed by atoms with E-state index in [0.717, 1.165) is 42.5 Å². The molecule has 0 aliphatic rings. The standard InChI is InChI=1S/C16H25N3.C9H11F.C2H5N/c1-6-7-16(5,17)10-14-13(4)18-19-12(3)8-11(2)9-15(14)19;1-3-8-7(2)5-4-6-9(8)10;1-2-3/h8-9H,6-7,10,17H2,1-5H3;4-6H,3H2,1-2H3;2H,1,3H2. The minimum absolute atomic E-state index is 0.0810. The Morgan fingerprint density at radius 3 is 2.25 bits per heavy atom. The number of hydrogen-bond acceptors (Lipinski definition) is 3. The lowest BCUT2D eigenvalue weighted by atomic mass is 9.89. The Kier molecular flexibility index (Phi) is 10.6. The third-order valence-corrected chi connectivity index (χ3v) is 5.47. The number of aromatic nitrogens is 2. The molecular formula is C27H41FN4. The zero-order valence-corrected chi connectivity index (χ0v) is 20.9. The van der Waals surface area contributed by atoms with E-state index in [1.54, 1.807) is 6.07 Å². The van der Waals surface area contributed by atoms with Crippen LogP contribution < -0.4 is 11.5 Å². The van der Waals surface area contributed by atoms with Crippen molar-refractivity contribution in [3.05, 3.63) is 82.6 Å². The first kappa shape index (κ1) is 27.4. The summed E-state index contributed by atoms with van der Waals surface area (Å²) in [6.45, 7) is 17.7. The van der Waals surface area contributed by atoms with Crippen molar-refractivity contribution >= 4 is 5.52 Å². The smallest absolute Gasteiger partial charge is 0.126 e. The van der Waals surface area contributed by atoms with Gasteiger partial charge < -0.3 is 11.5 Å². The maximum absolute atomic E-state index is 12.9. The first-order valence-electron chi connectivity index (χ1n) is 11.3. The van der Waals surface area contributed by atoms with E-state index in [0.29, 0.717) is 0 Å². The summed E-state index contributed by atoms with van der Waals surface area (Å²) in [5, 5.41) is 4.66. The van der Waals surface area contributed by atoms with E-state index >= 15 is 0 Å². The summed E-state index contributed by atoms with van der Waals surface area (Å²) in [6, 6.07) is 9.55. The molecule has 0 amide bonds. The molecule has 32 heavy (non-hydrogen) atoms. The van der Waals surface area contributed by atoms with Crippen LogP contribution in [0.3, 0.4) is 0 Å². The van der Waals surface area contributed by atoms with E-state index in [9.17, 15) is 4.39 Å². The summed E-state index contributed by atoms with van der Waals surface area (Å²) in [5.41, 5.74) is 18.8. The van der Waals surface area contributed by atoms with Gasteiger partial charge in [0.15, 0.2) is 0 Å². The fourth-order valence-electron chi connectivity index (χ4n) is 4.04. The largest absolute Gasteiger partial charge is 0.405 e. The molecule has 0 fully saturated rings. The molecule has 2 aromatic heterocycles. The number of benzene rings is 1. The average molecular weight is 441 g/mol. The third-order valence-electron chi connectivity index (χ3n) is 5.47. The maximum atomic E-state index is 12.9. The Hall–Kier alpha value is -2.66. The topological polar surface area (TPSA) is 69.3 Å². The molecule has 0 aliphatic heterocycles. The van der Waals surface area contributed by atoms with Crippen molar-refractivity contribution < 1.29 is 4.39 Å². The summed E-state index contributed by atoms with van der Waals surface area (Å²) in [5.74, 6) is -0.0810. The summed E-state index contributed by atoms with van der Waals surface area (Å²) in [7, 11) is 0. The Morgan fingerprint density at radius 1 is 1.12 bits per heavy atom. The van der Waals surface area contributed by atoms with E-state index in [1.807, 2.05) is 24.4 Å². The molecule has 0 saturated carbocycles.